The number of anilines is 1. The topological polar surface area (TPSA) is 61.4 Å². The predicted molar refractivity (Wildman–Crippen MR) is 96.9 cm³/mol. The van der Waals surface area contributed by atoms with Crippen molar-refractivity contribution < 1.29 is 14.3 Å². The fourth-order valence-electron chi connectivity index (χ4n) is 2.16. The maximum absolute atomic E-state index is 13.0. The third-order valence-electron chi connectivity index (χ3n) is 3.35. The molecular formula is C17H15FN2O2S2. The summed E-state index contributed by atoms with van der Waals surface area (Å²) in [5.74, 6) is -1.08. The molecule has 0 aromatic heterocycles. The lowest BCUT2D eigenvalue weighted by Crippen LogP contribution is -2.12. The summed E-state index contributed by atoms with van der Waals surface area (Å²) >= 11 is 3.08. The summed E-state index contributed by atoms with van der Waals surface area (Å²) in [6.07, 6.45) is 0.0239. The molecular weight excluding hydrogens is 347 g/mol. The number of hydrogen-bond acceptors (Lipinski definition) is 5. The maximum atomic E-state index is 13.0. The van der Waals surface area contributed by atoms with Gasteiger partial charge in [-0.1, -0.05) is 24.3 Å². The number of carboxylic acids is 1. The van der Waals surface area contributed by atoms with Crippen LogP contribution in [0, 0.1) is 5.82 Å². The second kappa shape index (κ2) is 7.63. The Morgan fingerprint density at radius 1 is 1.21 bits per heavy atom. The molecule has 0 fully saturated rings. The van der Waals surface area contributed by atoms with Crippen molar-refractivity contribution in [2.75, 3.05) is 4.72 Å². The standard InChI is InChI=1S/C17H15FN2O2S2/c18-13-5-3-12(4-6-13)17-19-15(10-23-17)24-20-14-7-1-11(2-8-14)9-16(21)22/h1-8,10,17,19-20H,9H2,(H,21,22). The fraction of sp³-hybridized carbons (Fsp3) is 0.118. The van der Waals surface area contributed by atoms with Crippen LogP contribution in [0.5, 0.6) is 0 Å². The van der Waals surface area contributed by atoms with Crippen molar-refractivity contribution in [1.29, 1.82) is 0 Å². The molecule has 0 spiro atoms. The molecule has 0 amide bonds. The minimum atomic E-state index is -0.839. The van der Waals surface area contributed by atoms with Crippen molar-refractivity contribution in [1.82, 2.24) is 5.32 Å². The Morgan fingerprint density at radius 3 is 2.58 bits per heavy atom. The lowest BCUT2D eigenvalue weighted by molar-refractivity contribution is -0.136. The molecule has 1 atom stereocenters. The van der Waals surface area contributed by atoms with Crippen molar-refractivity contribution in [2.45, 2.75) is 11.8 Å². The third kappa shape index (κ3) is 4.46. The molecule has 3 N–H and O–H groups in total. The van der Waals surface area contributed by atoms with Gasteiger partial charge in [0, 0.05) is 23.0 Å². The van der Waals surface area contributed by atoms with E-state index in [-0.39, 0.29) is 17.6 Å². The number of nitrogens with one attached hydrogen (secondary N) is 2. The molecule has 0 bridgehead atoms. The van der Waals surface area contributed by atoms with Crippen LogP contribution in [-0.4, -0.2) is 11.1 Å². The van der Waals surface area contributed by atoms with Gasteiger partial charge in [0.05, 0.1) is 11.4 Å². The summed E-state index contributed by atoms with van der Waals surface area (Å²) in [6, 6.07) is 13.8. The SMILES string of the molecule is O=C(O)Cc1ccc(NSC2=CSC(c3ccc(F)cc3)N2)cc1. The van der Waals surface area contributed by atoms with E-state index in [1.165, 1.54) is 24.1 Å². The third-order valence-corrected chi connectivity index (χ3v) is 5.32. The quantitative estimate of drug-likeness (QED) is 0.664. The van der Waals surface area contributed by atoms with Crippen molar-refractivity contribution in [3.05, 3.63) is 75.9 Å². The van der Waals surface area contributed by atoms with Crippen LogP contribution in [-0.2, 0) is 11.2 Å². The molecule has 2 aromatic rings. The minimum absolute atomic E-state index is 0.0239. The number of hydrogen-bond donors (Lipinski definition) is 3. The summed E-state index contributed by atoms with van der Waals surface area (Å²) in [5.41, 5.74) is 2.68. The molecule has 1 heterocycles. The number of carboxylic acid groups (broad SMARTS) is 1. The van der Waals surface area contributed by atoms with E-state index in [4.69, 9.17) is 5.11 Å². The van der Waals surface area contributed by atoms with Gasteiger partial charge < -0.3 is 15.1 Å². The summed E-state index contributed by atoms with van der Waals surface area (Å²) in [6.45, 7) is 0. The average Bonchev–Trinajstić information content (AvgIpc) is 3.03. The zero-order chi connectivity index (χ0) is 16.9. The van der Waals surface area contributed by atoms with Crippen LogP contribution in [0.1, 0.15) is 16.5 Å². The molecule has 1 aliphatic heterocycles. The lowest BCUT2D eigenvalue weighted by Gasteiger charge is -2.13. The van der Waals surface area contributed by atoms with Crippen LogP contribution in [0.25, 0.3) is 0 Å². The number of aliphatic carboxylic acids is 1. The first-order valence-electron chi connectivity index (χ1n) is 7.21. The van der Waals surface area contributed by atoms with Gasteiger partial charge in [0.2, 0.25) is 0 Å². The maximum Gasteiger partial charge on any atom is 0.307 e. The summed E-state index contributed by atoms with van der Waals surface area (Å²) in [4.78, 5) is 10.7. The number of thioether (sulfide) groups is 1. The first kappa shape index (κ1) is 16.7. The van der Waals surface area contributed by atoms with Crippen LogP contribution in [0.15, 0.2) is 59.0 Å². The summed E-state index contributed by atoms with van der Waals surface area (Å²) in [5, 5.41) is 15.2. The summed E-state index contributed by atoms with van der Waals surface area (Å²) in [7, 11) is 0. The Bertz CT molecular complexity index is 748. The molecule has 4 nitrogen and oxygen atoms in total. The second-order valence-corrected chi connectivity index (χ2v) is 6.99. The van der Waals surface area contributed by atoms with Crippen LogP contribution in [0.2, 0.25) is 0 Å². The molecule has 3 rings (SSSR count). The van der Waals surface area contributed by atoms with Gasteiger partial charge in [-0.05, 0) is 35.4 Å². The first-order chi connectivity index (χ1) is 11.6. The second-order valence-electron chi connectivity index (χ2n) is 5.17. The summed E-state index contributed by atoms with van der Waals surface area (Å²) < 4.78 is 16.2. The minimum Gasteiger partial charge on any atom is -0.481 e. The molecule has 2 aromatic carbocycles. The predicted octanol–water partition coefficient (Wildman–Crippen LogP) is 4.35. The Balaban J connectivity index is 1.50. The monoisotopic (exact) mass is 362 g/mol. The van der Waals surface area contributed by atoms with Gasteiger partial charge in [0.1, 0.15) is 11.2 Å². The van der Waals surface area contributed by atoms with Crippen LogP contribution >= 0.6 is 23.7 Å². The highest BCUT2D eigenvalue weighted by atomic mass is 32.2. The van der Waals surface area contributed by atoms with Gasteiger partial charge in [-0.15, -0.1) is 11.8 Å². The van der Waals surface area contributed by atoms with E-state index in [9.17, 15) is 9.18 Å². The van der Waals surface area contributed by atoms with Crippen molar-refractivity contribution in [2.24, 2.45) is 0 Å². The number of carbonyl (C=O) groups is 1. The highest BCUT2D eigenvalue weighted by molar-refractivity contribution is 8.07. The van der Waals surface area contributed by atoms with Gasteiger partial charge >= 0.3 is 5.97 Å². The molecule has 0 saturated heterocycles. The Hall–Kier alpha value is -2.12. The van der Waals surface area contributed by atoms with Gasteiger partial charge in [-0.3, -0.25) is 4.79 Å². The van der Waals surface area contributed by atoms with E-state index in [0.717, 1.165) is 21.8 Å². The zero-order valence-electron chi connectivity index (χ0n) is 12.5. The smallest absolute Gasteiger partial charge is 0.307 e. The average molecular weight is 362 g/mol. The fourth-order valence-corrected chi connectivity index (χ4v) is 3.97. The van der Waals surface area contributed by atoms with Crippen molar-refractivity contribution in [3.63, 3.8) is 0 Å². The molecule has 0 aliphatic carbocycles. The van der Waals surface area contributed by atoms with Gasteiger partial charge in [-0.25, -0.2) is 4.39 Å². The highest BCUT2D eigenvalue weighted by Crippen LogP contribution is 2.37. The number of halogens is 1. The van der Waals surface area contributed by atoms with Crippen LogP contribution in [0.3, 0.4) is 0 Å². The van der Waals surface area contributed by atoms with E-state index in [0.29, 0.717) is 0 Å². The molecule has 24 heavy (non-hydrogen) atoms. The lowest BCUT2D eigenvalue weighted by atomic mass is 10.1. The highest BCUT2D eigenvalue weighted by Gasteiger charge is 2.18. The van der Waals surface area contributed by atoms with Crippen molar-refractivity contribution >= 4 is 35.4 Å². The van der Waals surface area contributed by atoms with E-state index >= 15 is 0 Å². The van der Waals surface area contributed by atoms with Gasteiger partial charge in [0.15, 0.2) is 0 Å². The van der Waals surface area contributed by atoms with Crippen LogP contribution < -0.4 is 10.0 Å². The number of benzene rings is 2. The van der Waals surface area contributed by atoms with E-state index in [1.54, 1.807) is 36.0 Å². The van der Waals surface area contributed by atoms with E-state index in [2.05, 4.69) is 10.0 Å². The van der Waals surface area contributed by atoms with E-state index < -0.39 is 5.97 Å². The van der Waals surface area contributed by atoms with Gasteiger partial charge in [-0.2, -0.15) is 0 Å². The molecule has 7 heteroatoms. The Kier molecular flexibility index (Phi) is 5.32. The molecule has 0 saturated carbocycles. The molecule has 0 radical (unpaired) electrons. The molecule has 124 valence electrons. The van der Waals surface area contributed by atoms with Crippen molar-refractivity contribution in [3.8, 4) is 0 Å². The van der Waals surface area contributed by atoms with Crippen LogP contribution in [0.4, 0.5) is 10.1 Å². The Labute approximate surface area is 147 Å². The van der Waals surface area contributed by atoms with E-state index in [1.807, 2.05) is 17.5 Å². The molecule has 1 unspecified atom stereocenters. The first-order valence-corrected chi connectivity index (χ1v) is 8.97. The zero-order valence-corrected chi connectivity index (χ0v) is 14.2. The van der Waals surface area contributed by atoms with Gasteiger partial charge in [0.25, 0.3) is 0 Å². The normalized spacial score (nSPS) is 16.4. The number of rotatable bonds is 6. The Morgan fingerprint density at radius 2 is 1.92 bits per heavy atom. The largest absolute Gasteiger partial charge is 0.481 e. The molecule has 1 aliphatic rings.